The van der Waals surface area contributed by atoms with Gasteiger partial charge in [-0.05, 0) is 35.1 Å². The lowest BCUT2D eigenvalue weighted by molar-refractivity contribution is -0.142. The minimum absolute atomic E-state index is 0.00223. The van der Waals surface area contributed by atoms with Gasteiger partial charge in [0.15, 0.2) is 0 Å². The molecule has 3 rings (SSSR count). The van der Waals surface area contributed by atoms with Gasteiger partial charge >= 0.3 is 12.1 Å². The first-order valence-corrected chi connectivity index (χ1v) is 12.2. The minimum Gasteiger partial charge on any atom is -0.480 e. The number of benzene rings is 2. The first kappa shape index (κ1) is 26.2. The maximum atomic E-state index is 12.2. The number of amides is 2. The molecule has 0 spiro atoms. The van der Waals surface area contributed by atoms with Gasteiger partial charge in [0, 0.05) is 31.9 Å². The lowest BCUT2D eigenvalue weighted by atomic mass is 9.98. The molecule has 188 valence electrons. The molecule has 1 aliphatic carbocycles. The van der Waals surface area contributed by atoms with Crippen molar-refractivity contribution >= 4 is 18.0 Å². The summed E-state index contributed by atoms with van der Waals surface area (Å²) in [5.74, 6) is -1.42. The minimum atomic E-state index is -1.14. The Morgan fingerprint density at radius 1 is 0.886 bits per heavy atom. The standard InChI is InChI=1S/C27H34N2O6/c30-17-15-24(26(32)33)29-25(31)14-4-2-1-3-9-16-28-27(34)35-18-23-21-12-7-5-10-19(21)20-11-6-8-13-22(20)23/h5-8,10-13,23-24,30H,1-4,9,14-18H2,(H,28,34)(H,29,31)(H,32,33)/t24-/m0/s1. The van der Waals surface area contributed by atoms with Gasteiger partial charge in [-0.2, -0.15) is 0 Å². The van der Waals surface area contributed by atoms with Crippen LogP contribution in [0.1, 0.15) is 62.0 Å². The van der Waals surface area contributed by atoms with Gasteiger partial charge in [-0.3, -0.25) is 4.79 Å². The number of ether oxygens (including phenoxy) is 1. The average Bonchev–Trinajstić information content (AvgIpc) is 3.17. The third kappa shape index (κ3) is 7.55. The van der Waals surface area contributed by atoms with Crippen LogP contribution in [-0.2, 0) is 14.3 Å². The van der Waals surface area contributed by atoms with Gasteiger partial charge in [0.1, 0.15) is 12.6 Å². The molecule has 0 saturated carbocycles. The lowest BCUT2D eigenvalue weighted by Crippen LogP contribution is -2.41. The molecule has 0 aromatic heterocycles. The van der Waals surface area contributed by atoms with Gasteiger partial charge in [-0.25, -0.2) is 9.59 Å². The van der Waals surface area contributed by atoms with E-state index in [0.717, 1.165) is 25.7 Å². The number of rotatable bonds is 14. The van der Waals surface area contributed by atoms with Gasteiger partial charge in [0.05, 0.1) is 0 Å². The normalized spacial score (nSPS) is 12.9. The van der Waals surface area contributed by atoms with Crippen LogP contribution in [0, 0.1) is 0 Å². The van der Waals surface area contributed by atoms with Crippen LogP contribution in [0.15, 0.2) is 48.5 Å². The highest BCUT2D eigenvalue weighted by atomic mass is 16.5. The first-order valence-electron chi connectivity index (χ1n) is 12.2. The van der Waals surface area contributed by atoms with Gasteiger partial charge in [0.2, 0.25) is 5.91 Å². The topological polar surface area (TPSA) is 125 Å². The second kappa shape index (κ2) is 13.5. The fraction of sp³-hybridized carbons (Fsp3) is 0.444. The molecule has 0 bridgehead atoms. The van der Waals surface area contributed by atoms with E-state index in [1.54, 1.807) is 0 Å². The van der Waals surface area contributed by atoms with Crippen LogP contribution in [0.5, 0.6) is 0 Å². The number of aliphatic hydroxyl groups excluding tert-OH is 1. The van der Waals surface area contributed by atoms with Crippen molar-refractivity contribution in [2.45, 2.75) is 56.9 Å². The fourth-order valence-electron chi connectivity index (χ4n) is 4.43. The maximum Gasteiger partial charge on any atom is 0.407 e. The van der Waals surface area contributed by atoms with Crippen LogP contribution in [0.25, 0.3) is 11.1 Å². The Morgan fingerprint density at radius 3 is 2.11 bits per heavy atom. The van der Waals surface area contributed by atoms with Crippen LogP contribution >= 0.6 is 0 Å². The number of aliphatic hydroxyl groups is 1. The van der Waals surface area contributed by atoms with E-state index < -0.39 is 18.1 Å². The van der Waals surface area contributed by atoms with Crippen LogP contribution in [-0.4, -0.2) is 54.0 Å². The van der Waals surface area contributed by atoms with E-state index in [0.29, 0.717) is 19.6 Å². The molecular weight excluding hydrogens is 448 g/mol. The van der Waals surface area contributed by atoms with Crippen molar-refractivity contribution in [1.82, 2.24) is 10.6 Å². The van der Waals surface area contributed by atoms with Crippen LogP contribution in [0.2, 0.25) is 0 Å². The SMILES string of the molecule is O=C(CCCCCCCNC(=O)OCC1c2ccccc2-c2ccccc21)N[C@@H](CCO)C(=O)O. The van der Waals surface area contributed by atoms with E-state index in [2.05, 4.69) is 34.9 Å². The van der Waals surface area contributed by atoms with Crippen molar-refractivity contribution in [3.8, 4) is 11.1 Å². The van der Waals surface area contributed by atoms with Crippen LogP contribution < -0.4 is 10.6 Å². The van der Waals surface area contributed by atoms with E-state index in [-0.39, 0.29) is 31.3 Å². The summed E-state index contributed by atoms with van der Waals surface area (Å²) in [6.45, 7) is 0.531. The predicted molar refractivity (Wildman–Crippen MR) is 132 cm³/mol. The van der Waals surface area contributed by atoms with Crippen molar-refractivity contribution in [1.29, 1.82) is 0 Å². The van der Waals surface area contributed by atoms with Gasteiger partial charge in [-0.15, -0.1) is 0 Å². The summed E-state index contributed by atoms with van der Waals surface area (Å²) < 4.78 is 5.52. The molecule has 0 unspecified atom stereocenters. The number of alkyl carbamates (subject to hydrolysis) is 1. The summed E-state index contributed by atoms with van der Waals surface area (Å²) in [6.07, 6.45) is 3.98. The Labute approximate surface area is 205 Å². The van der Waals surface area contributed by atoms with Crippen molar-refractivity contribution in [3.05, 3.63) is 59.7 Å². The number of unbranched alkanes of at least 4 members (excludes halogenated alkanes) is 4. The Kier molecular flexibility index (Phi) is 10.1. The number of hydrogen-bond acceptors (Lipinski definition) is 5. The molecule has 2 amide bonds. The van der Waals surface area contributed by atoms with Gasteiger partial charge in [-0.1, -0.05) is 67.8 Å². The molecule has 0 heterocycles. The monoisotopic (exact) mass is 482 g/mol. The largest absolute Gasteiger partial charge is 0.480 e. The first-order chi connectivity index (χ1) is 17.0. The number of carboxylic acid groups (broad SMARTS) is 1. The van der Waals surface area contributed by atoms with Crippen molar-refractivity contribution in [2.24, 2.45) is 0 Å². The third-order valence-electron chi connectivity index (χ3n) is 6.24. The molecule has 0 radical (unpaired) electrons. The molecule has 8 nitrogen and oxygen atoms in total. The summed E-state index contributed by atoms with van der Waals surface area (Å²) in [5.41, 5.74) is 4.76. The number of carbonyl (C=O) groups is 3. The number of carbonyl (C=O) groups excluding carboxylic acids is 2. The van der Waals surface area contributed by atoms with E-state index in [1.165, 1.54) is 22.3 Å². The van der Waals surface area contributed by atoms with E-state index in [9.17, 15) is 14.4 Å². The lowest BCUT2D eigenvalue weighted by Gasteiger charge is -2.14. The molecule has 4 N–H and O–H groups in total. The Balaban J connectivity index is 1.26. The summed E-state index contributed by atoms with van der Waals surface area (Å²) in [4.78, 5) is 35.0. The zero-order valence-electron chi connectivity index (χ0n) is 19.9. The highest BCUT2D eigenvalue weighted by Gasteiger charge is 2.28. The summed E-state index contributed by atoms with van der Waals surface area (Å²) in [5, 5.41) is 23.1. The molecule has 0 aliphatic heterocycles. The van der Waals surface area contributed by atoms with Gasteiger partial charge in [0.25, 0.3) is 0 Å². The Bertz CT molecular complexity index is 963. The summed E-state index contributed by atoms with van der Waals surface area (Å²) >= 11 is 0. The second-order valence-corrected chi connectivity index (χ2v) is 8.74. The number of nitrogens with one attached hydrogen (secondary N) is 2. The molecule has 0 saturated heterocycles. The Hall–Kier alpha value is -3.39. The Morgan fingerprint density at radius 2 is 1.49 bits per heavy atom. The van der Waals surface area contributed by atoms with Crippen molar-refractivity contribution < 1.29 is 29.3 Å². The predicted octanol–water partition coefficient (Wildman–Crippen LogP) is 3.82. The molecular formula is C27H34N2O6. The number of fused-ring (bicyclic) bond motifs is 3. The quantitative estimate of drug-likeness (QED) is 0.304. The summed E-state index contributed by atoms with van der Waals surface area (Å²) in [7, 11) is 0. The highest BCUT2D eigenvalue weighted by molar-refractivity contribution is 5.83. The second-order valence-electron chi connectivity index (χ2n) is 8.74. The van der Waals surface area contributed by atoms with Crippen LogP contribution in [0.3, 0.4) is 0 Å². The zero-order valence-corrected chi connectivity index (χ0v) is 19.9. The zero-order chi connectivity index (χ0) is 25.0. The van der Waals surface area contributed by atoms with Crippen molar-refractivity contribution in [3.63, 3.8) is 0 Å². The molecule has 2 aromatic rings. The fourth-order valence-corrected chi connectivity index (χ4v) is 4.43. The molecule has 2 aromatic carbocycles. The highest BCUT2D eigenvalue weighted by Crippen LogP contribution is 2.44. The van der Waals surface area contributed by atoms with E-state index in [4.69, 9.17) is 14.9 Å². The van der Waals surface area contributed by atoms with Crippen LogP contribution in [0.4, 0.5) is 4.79 Å². The molecule has 1 atom stereocenters. The number of carboxylic acids is 1. The average molecular weight is 483 g/mol. The van der Waals surface area contributed by atoms with Crippen molar-refractivity contribution in [2.75, 3.05) is 19.8 Å². The smallest absolute Gasteiger partial charge is 0.407 e. The molecule has 35 heavy (non-hydrogen) atoms. The molecule has 1 aliphatic rings. The van der Waals surface area contributed by atoms with E-state index >= 15 is 0 Å². The third-order valence-corrected chi connectivity index (χ3v) is 6.24. The maximum absolute atomic E-state index is 12.2. The number of aliphatic carboxylic acids is 1. The molecule has 8 heteroatoms. The summed E-state index contributed by atoms with van der Waals surface area (Å²) in [6, 6.07) is 15.4. The van der Waals surface area contributed by atoms with Gasteiger partial charge < -0.3 is 25.6 Å². The van der Waals surface area contributed by atoms with E-state index in [1.807, 2.05) is 24.3 Å². The molecule has 0 fully saturated rings. The number of hydrogen-bond donors (Lipinski definition) is 4.